The molecule has 0 radical (unpaired) electrons. The molecule has 0 aromatic heterocycles. The van der Waals surface area contributed by atoms with Crippen molar-refractivity contribution in [2.45, 2.75) is 59.4 Å². The van der Waals surface area contributed by atoms with Gasteiger partial charge in [0.05, 0.1) is 0 Å². The van der Waals surface area contributed by atoms with E-state index in [-0.39, 0.29) is 0 Å². The lowest BCUT2D eigenvalue weighted by Crippen LogP contribution is -2.56. The van der Waals surface area contributed by atoms with E-state index in [0.29, 0.717) is 25.6 Å². The molecule has 0 fully saturated rings. The molecular weight excluding hydrogens is 262 g/mol. The molecule has 1 unspecified atom stereocenters. The minimum absolute atomic E-state index is 0.302. The molecule has 0 aliphatic carbocycles. The summed E-state index contributed by atoms with van der Waals surface area (Å²) in [4.78, 5) is 0. The first-order valence-corrected chi connectivity index (χ1v) is 8.64. The van der Waals surface area contributed by atoms with Crippen LogP contribution < -0.4 is 10.5 Å². The maximum absolute atomic E-state index is 12.4. The summed E-state index contributed by atoms with van der Waals surface area (Å²) >= 11 is 0. The molecule has 0 aromatic carbocycles. The highest BCUT2D eigenvalue weighted by atomic mass is 32.2. The van der Waals surface area contributed by atoms with Crippen LogP contribution in [-0.4, -0.2) is 37.9 Å². The third-order valence-corrected chi connectivity index (χ3v) is 4.77. The molecule has 0 amide bonds. The van der Waals surface area contributed by atoms with E-state index < -0.39 is 15.7 Å². The van der Waals surface area contributed by atoms with E-state index >= 15 is 0 Å². The topological polar surface area (TPSA) is 75.4 Å². The minimum atomic E-state index is -3.46. The van der Waals surface area contributed by atoms with Gasteiger partial charge in [-0.2, -0.15) is 17.4 Å². The van der Waals surface area contributed by atoms with Gasteiger partial charge >= 0.3 is 0 Å². The van der Waals surface area contributed by atoms with Crippen molar-refractivity contribution in [1.29, 1.82) is 0 Å². The fraction of sp³-hybridized carbons (Fsp3) is 1.00. The first-order valence-electron chi connectivity index (χ1n) is 7.20. The van der Waals surface area contributed by atoms with Crippen molar-refractivity contribution in [2.24, 2.45) is 11.7 Å². The number of rotatable bonds is 10. The predicted octanol–water partition coefficient (Wildman–Crippen LogP) is 1.71. The van der Waals surface area contributed by atoms with Gasteiger partial charge in [-0.3, -0.25) is 0 Å². The molecule has 0 saturated heterocycles. The van der Waals surface area contributed by atoms with Gasteiger partial charge in [-0.1, -0.05) is 27.7 Å². The van der Waals surface area contributed by atoms with E-state index in [4.69, 9.17) is 5.73 Å². The molecular formula is C13H31N3O2S. The Morgan fingerprint density at radius 2 is 1.68 bits per heavy atom. The van der Waals surface area contributed by atoms with Gasteiger partial charge in [0.2, 0.25) is 0 Å². The van der Waals surface area contributed by atoms with Gasteiger partial charge in [0, 0.05) is 25.2 Å². The van der Waals surface area contributed by atoms with Crippen molar-refractivity contribution in [3.05, 3.63) is 0 Å². The molecule has 0 saturated carbocycles. The Hall–Kier alpha value is -0.170. The first-order chi connectivity index (χ1) is 8.70. The average Bonchev–Trinajstić information content (AvgIpc) is 2.27. The largest absolute Gasteiger partial charge is 0.329 e. The average molecular weight is 293 g/mol. The third-order valence-electron chi connectivity index (χ3n) is 2.97. The standard InChI is InChI=1S/C13H31N3O2S/c1-6-8-16(9-7-2)19(17,18)15-13(5,11-14)10-12(3)4/h12,15H,6-11,14H2,1-5H3. The summed E-state index contributed by atoms with van der Waals surface area (Å²) in [5.74, 6) is 0.391. The number of hydrogen-bond acceptors (Lipinski definition) is 3. The molecule has 6 heteroatoms. The van der Waals surface area contributed by atoms with Gasteiger partial charge in [0.25, 0.3) is 10.2 Å². The molecule has 1 atom stereocenters. The second-order valence-electron chi connectivity index (χ2n) is 5.87. The maximum Gasteiger partial charge on any atom is 0.279 e. The molecule has 0 bridgehead atoms. The van der Waals surface area contributed by atoms with E-state index in [1.807, 2.05) is 20.8 Å². The van der Waals surface area contributed by atoms with Crippen molar-refractivity contribution in [1.82, 2.24) is 9.03 Å². The Bertz CT molecular complexity index is 338. The van der Waals surface area contributed by atoms with E-state index in [9.17, 15) is 8.42 Å². The van der Waals surface area contributed by atoms with Gasteiger partial charge < -0.3 is 5.73 Å². The fourth-order valence-electron chi connectivity index (χ4n) is 2.29. The van der Waals surface area contributed by atoms with Crippen LogP contribution in [0.3, 0.4) is 0 Å². The summed E-state index contributed by atoms with van der Waals surface area (Å²) in [6.07, 6.45) is 2.35. The van der Waals surface area contributed by atoms with Gasteiger partial charge in [0.1, 0.15) is 0 Å². The summed E-state index contributed by atoms with van der Waals surface area (Å²) in [6, 6.07) is 0. The molecule has 116 valence electrons. The highest BCUT2D eigenvalue weighted by molar-refractivity contribution is 7.87. The van der Waals surface area contributed by atoms with E-state index in [0.717, 1.165) is 19.3 Å². The normalized spacial score (nSPS) is 16.0. The van der Waals surface area contributed by atoms with Crippen LogP contribution in [0.1, 0.15) is 53.9 Å². The molecule has 5 nitrogen and oxygen atoms in total. The van der Waals surface area contributed by atoms with E-state index in [2.05, 4.69) is 18.6 Å². The number of hydrogen-bond donors (Lipinski definition) is 2. The quantitative estimate of drug-likeness (QED) is 0.644. The smallest absolute Gasteiger partial charge is 0.279 e. The molecule has 19 heavy (non-hydrogen) atoms. The van der Waals surface area contributed by atoms with Gasteiger partial charge in [0.15, 0.2) is 0 Å². The molecule has 0 aliphatic rings. The van der Waals surface area contributed by atoms with Crippen LogP contribution >= 0.6 is 0 Å². The predicted molar refractivity (Wildman–Crippen MR) is 81.1 cm³/mol. The SMILES string of the molecule is CCCN(CCC)S(=O)(=O)NC(C)(CN)CC(C)C. The van der Waals surface area contributed by atoms with Crippen LogP contribution in [0.2, 0.25) is 0 Å². The van der Waals surface area contributed by atoms with Crippen molar-refractivity contribution < 1.29 is 8.42 Å². The van der Waals surface area contributed by atoms with Gasteiger partial charge in [-0.25, -0.2) is 0 Å². The van der Waals surface area contributed by atoms with Crippen molar-refractivity contribution >= 4 is 10.2 Å². The van der Waals surface area contributed by atoms with Gasteiger partial charge in [-0.15, -0.1) is 0 Å². The Balaban J connectivity index is 4.97. The molecule has 3 N–H and O–H groups in total. The molecule has 0 spiro atoms. The van der Waals surface area contributed by atoms with Crippen LogP contribution in [-0.2, 0) is 10.2 Å². The second kappa shape index (κ2) is 8.19. The molecule has 0 aromatic rings. The van der Waals surface area contributed by atoms with Gasteiger partial charge in [-0.05, 0) is 32.1 Å². The van der Waals surface area contributed by atoms with E-state index in [1.165, 1.54) is 4.31 Å². The summed E-state index contributed by atoms with van der Waals surface area (Å²) < 4.78 is 29.2. The minimum Gasteiger partial charge on any atom is -0.329 e. The lowest BCUT2D eigenvalue weighted by Gasteiger charge is -2.33. The molecule has 0 heterocycles. The third kappa shape index (κ3) is 6.70. The summed E-state index contributed by atoms with van der Waals surface area (Å²) in [5, 5.41) is 0. The van der Waals surface area contributed by atoms with Crippen LogP contribution in [0.25, 0.3) is 0 Å². The zero-order valence-electron chi connectivity index (χ0n) is 13.1. The Kier molecular flexibility index (Phi) is 8.12. The maximum atomic E-state index is 12.4. The lowest BCUT2D eigenvalue weighted by atomic mass is 9.92. The number of nitrogens with one attached hydrogen (secondary N) is 1. The Morgan fingerprint density at radius 1 is 1.21 bits per heavy atom. The van der Waals surface area contributed by atoms with Crippen LogP contribution in [0.15, 0.2) is 0 Å². The van der Waals surface area contributed by atoms with Crippen molar-refractivity contribution in [2.75, 3.05) is 19.6 Å². The van der Waals surface area contributed by atoms with Crippen molar-refractivity contribution in [3.63, 3.8) is 0 Å². The summed E-state index contributed by atoms with van der Waals surface area (Å²) in [6.45, 7) is 11.4. The number of nitrogens with two attached hydrogens (primary N) is 1. The highest BCUT2D eigenvalue weighted by Crippen LogP contribution is 2.17. The van der Waals surface area contributed by atoms with Crippen LogP contribution in [0, 0.1) is 5.92 Å². The van der Waals surface area contributed by atoms with Crippen LogP contribution in [0.5, 0.6) is 0 Å². The highest BCUT2D eigenvalue weighted by Gasteiger charge is 2.32. The van der Waals surface area contributed by atoms with Crippen molar-refractivity contribution in [3.8, 4) is 0 Å². The van der Waals surface area contributed by atoms with E-state index in [1.54, 1.807) is 0 Å². The summed E-state index contributed by atoms with van der Waals surface area (Å²) in [5.41, 5.74) is 5.19. The molecule has 0 aliphatic heterocycles. The lowest BCUT2D eigenvalue weighted by molar-refractivity contribution is 0.324. The monoisotopic (exact) mass is 293 g/mol. The second-order valence-corrected chi connectivity index (χ2v) is 7.54. The fourth-order valence-corrected chi connectivity index (χ4v) is 4.06. The van der Waals surface area contributed by atoms with Crippen LogP contribution in [0.4, 0.5) is 0 Å². The summed E-state index contributed by atoms with van der Waals surface area (Å²) in [7, 11) is -3.46. The zero-order valence-corrected chi connectivity index (χ0v) is 13.9. The number of nitrogens with zero attached hydrogens (tertiary/aromatic N) is 1. The molecule has 0 rings (SSSR count). The first kappa shape index (κ1) is 18.8. The Labute approximate surface area is 119 Å². The Morgan fingerprint density at radius 3 is 2.00 bits per heavy atom. The zero-order chi connectivity index (χ0) is 15.1.